The number of aliphatic hydroxyl groups is 1. The minimum absolute atomic E-state index is 0.199. The highest BCUT2D eigenvalue weighted by Crippen LogP contribution is 2.47. The highest BCUT2D eigenvalue weighted by atomic mass is 32.1. The molecule has 21 heavy (non-hydrogen) atoms. The lowest BCUT2D eigenvalue weighted by molar-refractivity contribution is -0.0517. The van der Waals surface area contributed by atoms with Crippen LogP contribution in [0.1, 0.15) is 57.8 Å². The van der Waals surface area contributed by atoms with Gasteiger partial charge >= 0.3 is 0 Å². The van der Waals surface area contributed by atoms with Crippen LogP contribution in [0.5, 0.6) is 0 Å². The van der Waals surface area contributed by atoms with E-state index in [2.05, 4.69) is 12.6 Å². The number of aliphatic hydroxyl groups excluding tert-OH is 1. The summed E-state index contributed by atoms with van der Waals surface area (Å²) in [5, 5.41) is 9.36. The first-order valence-electron chi connectivity index (χ1n) is 8.72. The zero-order valence-corrected chi connectivity index (χ0v) is 13.5. The highest BCUT2D eigenvalue weighted by molar-refractivity contribution is 7.81. The zero-order chi connectivity index (χ0) is 15.0. The Labute approximate surface area is 132 Å². The van der Waals surface area contributed by atoms with Gasteiger partial charge in [0.2, 0.25) is 0 Å². The summed E-state index contributed by atoms with van der Waals surface area (Å²) in [6, 6.07) is 0. The number of thiol groups is 1. The summed E-state index contributed by atoms with van der Waals surface area (Å²) in [7, 11) is 0. The Morgan fingerprint density at radius 2 is 1.29 bits per heavy atom. The van der Waals surface area contributed by atoms with Crippen molar-refractivity contribution >= 4 is 12.6 Å². The van der Waals surface area contributed by atoms with Gasteiger partial charge in [0, 0.05) is 11.2 Å². The second-order valence-corrected chi connectivity index (χ2v) is 8.22. The van der Waals surface area contributed by atoms with Gasteiger partial charge in [-0.25, -0.2) is 8.78 Å². The van der Waals surface area contributed by atoms with Crippen molar-refractivity contribution < 1.29 is 13.9 Å². The molecule has 0 aromatic heterocycles. The van der Waals surface area contributed by atoms with E-state index < -0.39 is 18.4 Å². The monoisotopic (exact) mass is 318 g/mol. The summed E-state index contributed by atoms with van der Waals surface area (Å²) < 4.78 is 28.2. The molecule has 0 aromatic rings. The third-order valence-corrected chi connectivity index (χ3v) is 6.95. The zero-order valence-electron chi connectivity index (χ0n) is 12.6. The van der Waals surface area contributed by atoms with Crippen LogP contribution in [-0.4, -0.2) is 28.8 Å². The lowest BCUT2D eigenvalue weighted by atomic mass is 9.67. The van der Waals surface area contributed by atoms with Gasteiger partial charge in [0.15, 0.2) is 6.17 Å². The molecule has 1 nitrogen and oxygen atoms in total. The van der Waals surface area contributed by atoms with Crippen molar-refractivity contribution in [1.29, 1.82) is 0 Å². The van der Waals surface area contributed by atoms with Crippen LogP contribution in [0, 0.1) is 23.7 Å². The molecule has 0 radical (unpaired) electrons. The molecule has 5 unspecified atom stereocenters. The normalized spacial score (nSPS) is 49.4. The third-order valence-electron chi connectivity index (χ3n) is 6.39. The quantitative estimate of drug-likeness (QED) is 0.726. The predicted octanol–water partition coefficient (Wildman–Crippen LogP) is 4.34. The molecule has 0 saturated heterocycles. The first-order chi connectivity index (χ1) is 10.1. The standard InChI is InChI=1S/C17H28F2OS/c18-16-13(20)9-14(21)15(17(16)19)12-7-5-11(6-8-12)10-3-1-2-4-10/h10-17,20-21H,1-9H2. The first kappa shape index (κ1) is 16.0. The molecule has 5 atom stereocenters. The van der Waals surface area contributed by atoms with E-state index in [1.54, 1.807) is 0 Å². The summed E-state index contributed by atoms with van der Waals surface area (Å²) in [6.07, 6.45) is 5.76. The molecule has 0 amide bonds. The number of rotatable bonds is 2. The average Bonchev–Trinajstić information content (AvgIpc) is 3.00. The molecule has 3 rings (SSSR count). The maximum atomic E-state index is 14.3. The van der Waals surface area contributed by atoms with Gasteiger partial charge in [0.1, 0.15) is 6.17 Å². The Hall–Kier alpha value is 0.170. The van der Waals surface area contributed by atoms with Gasteiger partial charge in [-0.2, -0.15) is 12.6 Å². The Morgan fingerprint density at radius 1 is 0.762 bits per heavy atom. The largest absolute Gasteiger partial charge is 0.390 e. The van der Waals surface area contributed by atoms with Crippen molar-refractivity contribution in [1.82, 2.24) is 0 Å². The summed E-state index contributed by atoms with van der Waals surface area (Å²) >= 11 is 4.47. The fourth-order valence-electron chi connectivity index (χ4n) is 5.18. The second kappa shape index (κ2) is 6.74. The van der Waals surface area contributed by atoms with Crippen molar-refractivity contribution in [3.8, 4) is 0 Å². The van der Waals surface area contributed by atoms with Gasteiger partial charge in [0.25, 0.3) is 0 Å². The number of hydrogen-bond acceptors (Lipinski definition) is 2. The Morgan fingerprint density at radius 3 is 1.90 bits per heavy atom. The Bertz CT molecular complexity index is 340. The molecular weight excluding hydrogens is 290 g/mol. The average molecular weight is 318 g/mol. The lowest BCUT2D eigenvalue weighted by Crippen LogP contribution is -2.50. The Kier molecular flexibility index (Phi) is 5.15. The number of halogens is 2. The van der Waals surface area contributed by atoms with Gasteiger partial charge in [0.05, 0.1) is 6.10 Å². The van der Waals surface area contributed by atoms with Crippen molar-refractivity contribution in [2.75, 3.05) is 0 Å². The molecule has 0 aromatic carbocycles. The fraction of sp³-hybridized carbons (Fsp3) is 1.00. The molecule has 1 N–H and O–H groups in total. The number of hydrogen-bond donors (Lipinski definition) is 2. The van der Waals surface area contributed by atoms with Crippen molar-refractivity contribution in [2.24, 2.45) is 23.7 Å². The first-order valence-corrected chi connectivity index (χ1v) is 9.24. The molecule has 122 valence electrons. The van der Waals surface area contributed by atoms with Crippen LogP contribution in [0.15, 0.2) is 0 Å². The maximum Gasteiger partial charge on any atom is 0.157 e. The van der Waals surface area contributed by atoms with Crippen LogP contribution < -0.4 is 0 Å². The van der Waals surface area contributed by atoms with Gasteiger partial charge in [-0.15, -0.1) is 0 Å². The summed E-state index contributed by atoms with van der Waals surface area (Å²) in [6.45, 7) is 0. The van der Waals surface area contributed by atoms with Crippen molar-refractivity contribution in [3.05, 3.63) is 0 Å². The number of alkyl halides is 2. The maximum absolute atomic E-state index is 14.3. The minimum atomic E-state index is -1.72. The van der Waals surface area contributed by atoms with Crippen LogP contribution in [0.25, 0.3) is 0 Å². The lowest BCUT2D eigenvalue weighted by Gasteiger charge is -2.44. The van der Waals surface area contributed by atoms with Crippen LogP contribution in [-0.2, 0) is 0 Å². The van der Waals surface area contributed by atoms with E-state index >= 15 is 0 Å². The van der Waals surface area contributed by atoms with Gasteiger partial charge in [-0.05, 0) is 49.9 Å². The molecule has 0 aliphatic heterocycles. The molecule has 3 aliphatic rings. The molecule has 0 spiro atoms. The topological polar surface area (TPSA) is 20.2 Å². The highest BCUT2D eigenvalue weighted by Gasteiger charge is 2.47. The molecule has 3 aliphatic carbocycles. The van der Waals surface area contributed by atoms with E-state index in [9.17, 15) is 13.9 Å². The molecular formula is C17H28F2OS. The van der Waals surface area contributed by atoms with Gasteiger partial charge in [-0.1, -0.05) is 25.7 Å². The molecule has 0 bridgehead atoms. The third kappa shape index (κ3) is 3.26. The van der Waals surface area contributed by atoms with Gasteiger partial charge in [-0.3, -0.25) is 0 Å². The van der Waals surface area contributed by atoms with E-state index in [0.717, 1.165) is 24.7 Å². The Balaban J connectivity index is 1.58. The molecule has 3 saturated carbocycles. The molecule has 0 heterocycles. The summed E-state index contributed by atoms with van der Waals surface area (Å²) in [5.41, 5.74) is 0. The minimum Gasteiger partial charge on any atom is -0.390 e. The van der Waals surface area contributed by atoms with Crippen LogP contribution in [0.4, 0.5) is 8.78 Å². The fourth-order valence-corrected chi connectivity index (χ4v) is 5.80. The van der Waals surface area contributed by atoms with Crippen molar-refractivity contribution in [2.45, 2.75) is 81.5 Å². The van der Waals surface area contributed by atoms with Crippen LogP contribution in [0.3, 0.4) is 0 Å². The van der Waals surface area contributed by atoms with E-state index in [-0.39, 0.29) is 23.5 Å². The van der Waals surface area contributed by atoms with Crippen molar-refractivity contribution in [3.63, 3.8) is 0 Å². The van der Waals surface area contributed by atoms with E-state index in [0.29, 0.717) is 0 Å². The van der Waals surface area contributed by atoms with Gasteiger partial charge < -0.3 is 5.11 Å². The smallest absolute Gasteiger partial charge is 0.157 e. The molecule has 3 fully saturated rings. The van der Waals surface area contributed by atoms with E-state index in [4.69, 9.17) is 0 Å². The second-order valence-electron chi connectivity index (χ2n) is 7.56. The van der Waals surface area contributed by atoms with E-state index in [1.807, 2.05) is 0 Å². The van der Waals surface area contributed by atoms with Crippen LogP contribution >= 0.6 is 12.6 Å². The summed E-state index contributed by atoms with van der Waals surface area (Å²) in [4.78, 5) is 0. The SMILES string of the molecule is OC1CC(S)C(C2CCC(C3CCCC3)CC2)C(F)C1F. The molecule has 4 heteroatoms. The van der Waals surface area contributed by atoms with Crippen LogP contribution in [0.2, 0.25) is 0 Å². The summed E-state index contributed by atoms with van der Waals surface area (Å²) in [5.74, 6) is 1.65. The van der Waals surface area contributed by atoms with E-state index in [1.165, 1.54) is 38.5 Å². The predicted molar refractivity (Wildman–Crippen MR) is 84.1 cm³/mol.